The van der Waals surface area contributed by atoms with Crippen molar-refractivity contribution in [2.75, 3.05) is 5.32 Å². The fourth-order valence-corrected chi connectivity index (χ4v) is 4.44. The van der Waals surface area contributed by atoms with E-state index in [-0.39, 0.29) is 0 Å². The molecule has 0 spiro atoms. The van der Waals surface area contributed by atoms with E-state index in [0.29, 0.717) is 0 Å². The van der Waals surface area contributed by atoms with Gasteiger partial charge in [-0.15, -0.1) is 0 Å². The van der Waals surface area contributed by atoms with Crippen LogP contribution in [0.3, 0.4) is 0 Å². The summed E-state index contributed by atoms with van der Waals surface area (Å²) in [4.78, 5) is 5.01. The van der Waals surface area contributed by atoms with Crippen molar-refractivity contribution in [3.63, 3.8) is 0 Å². The molecule has 4 nitrogen and oxygen atoms in total. The number of anilines is 1. The highest BCUT2D eigenvalue weighted by molar-refractivity contribution is 5.93. The number of fused-ring (bicyclic) bond motifs is 5. The van der Waals surface area contributed by atoms with Gasteiger partial charge >= 0.3 is 0 Å². The number of aromatic nitrogens is 3. The molecule has 2 heterocycles. The monoisotopic (exact) mass is 402 g/mol. The third-order valence-corrected chi connectivity index (χ3v) is 5.93. The average molecular weight is 403 g/mol. The van der Waals surface area contributed by atoms with Gasteiger partial charge in [0.05, 0.1) is 22.1 Å². The van der Waals surface area contributed by atoms with Crippen LogP contribution in [0.5, 0.6) is 0 Å². The Balaban J connectivity index is 1.62. The van der Waals surface area contributed by atoms with Crippen molar-refractivity contribution in [1.82, 2.24) is 14.0 Å². The molecular formula is C27H22N4. The Morgan fingerprint density at radius 1 is 0.742 bits per heavy atom. The number of benzene rings is 4. The molecule has 6 aromatic rings. The minimum atomic E-state index is 0.736. The first-order valence-electron chi connectivity index (χ1n) is 10.6. The highest BCUT2D eigenvalue weighted by Crippen LogP contribution is 2.31. The van der Waals surface area contributed by atoms with Crippen molar-refractivity contribution in [3.8, 4) is 5.69 Å². The third-order valence-electron chi connectivity index (χ3n) is 5.93. The largest absolute Gasteiger partial charge is 0.381 e. The van der Waals surface area contributed by atoms with Crippen molar-refractivity contribution in [2.45, 2.75) is 13.5 Å². The van der Waals surface area contributed by atoms with E-state index in [9.17, 15) is 0 Å². The van der Waals surface area contributed by atoms with Crippen LogP contribution in [0, 0.1) is 6.92 Å². The molecule has 0 aliphatic heterocycles. The van der Waals surface area contributed by atoms with Crippen molar-refractivity contribution < 1.29 is 0 Å². The number of para-hydroxylation sites is 5. The summed E-state index contributed by atoms with van der Waals surface area (Å²) < 4.78 is 4.55. The molecule has 0 amide bonds. The third kappa shape index (κ3) is 2.80. The first-order valence-corrected chi connectivity index (χ1v) is 10.6. The molecular weight excluding hydrogens is 380 g/mol. The van der Waals surface area contributed by atoms with Crippen molar-refractivity contribution in [3.05, 3.63) is 108 Å². The van der Waals surface area contributed by atoms with E-state index < -0.39 is 0 Å². The molecule has 6 rings (SSSR count). The molecule has 0 aliphatic rings. The Morgan fingerprint density at radius 2 is 1.48 bits per heavy atom. The van der Waals surface area contributed by atoms with Gasteiger partial charge in [-0.1, -0.05) is 60.7 Å². The lowest BCUT2D eigenvalue weighted by Gasteiger charge is -2.12. The number of hydrogen-bond acceptors (Lipinski definition) is 2. The van der Waals surface area contributed by atoms with Crippen LogP contribution >= 0.6 is 0 Å². The highest BCUT2D eigenvalue weighted by Gasteiger charge is 2.19. The molecule has 4 aromatic carbocycles. The number of imidazole rings is 2. The molecule has 0 atom stereocenters. The summed E-state index contributed by atoms with van der Waals surface area (Å²) in [6, 6.07) is 33.8. The van der Waals surface area contributed by atoms with E-state index in [1.807, 2.05) is 6.07 Å². The Labute approximate surface area is 180 Å². The van der Waals surface area contributed by atoms with Gasteiger partial charge in [-0.05, 0) is 54.4 Å². The maximum absolute atomic E-state index is 5.01. The van der Waals surface area contributed by atoms with E-state index >= 15 is 0 Å². The van der Waals surface area contributed by atoms with Gasteiger partial charge < -0.3 is 5.32 Å². The Hall–Kier alpha value is -4.05. The Kier molecular flexibility index (Phi) is 4.03. The zero-order valence-corrected chi connectivity index (χ0v) is 17.3. The summed E-state index contributed by atoms with van der Waals surface area (Å²) in [6.45, 7) is 2.87. The van der Waals surface area contributed by atoms with Gasteiger partial charge in [0.15, 0.2) is 0 Å². The molecule has 0 aliphatic carbocycles. The second-order valence-electron chi connectivity index (χ2n) is 7.86. The van der Waals surface area contributed by atoms with Crippen molar-refractivity contribution >= 4 is 33.5 Å². The fourth-order valence-electron chi connectivity index (χ4n) is 4.44. The lowest BCUT2D eigenvalue weighted by Crippen LogP contribution is -2.04. The number of hydrogen-bond donors (Lipinski definition) is 1. The Bertz CT molecular complexity index is 1540. The topological polar surface area (TPSA) is 34.3 Å². The molecule has 0 saturated carbocycles. The zero-order chi connectivity index (χ0) is 20.8. The van der Waals surface area contributed by atoms with Crippen molar-refractivity contribution in [1.29, 1.82) is 0 Å². The molecule has 1 N–H and O–H groups in total. The van der Waals surface area contributed by atoms with Gasteiger partial charge in [-0.25, -0.2) is 4.98 Å². The van der Waals surface area contributed by atoms with Gasteiger partial charge in [-0.2, -0.15) is 0 Å². The molecule has 4 heteroatoms. The van der Waals surface area contributed by atoms with Crippen LogP contribution in [0.25, 0.3) is 33.5 Å². The SMILES string of the molecule is Cc1ccccc1NCc1cccc2c1n(-c1ccccc1)c1nc3ccccc3n21. The number of aryl methyl sites for hydroxylation is 1. The number of nitrogens with one attached hydrogen (secondary N) is 1. The number of nitrogens with zero attached hydrogens (tertiary/aromatic N) is 3. The molecule has 0 radical (unpaired) electrons. The average Bonchev–Trinajstić information content (AvgIpc) is 3.34. The minimum Gasteiger partial charge on any atom is -0.381 e. The van der Waals surface area contributed by atoms with Crippen LogP contribution in [-0.2, 0) is 6.54 Å². The van der Waals surface area contributed by atoms with Crippen LogP contribution in [0.2, 0.25) is 0 Å². The van der Waals surface area contributed by atoms with Gasteiger partial charge in [-0.3, -0.25) is 8.97 Å². The van der Waals surface area contributed by atoms with E-state index in [1.165, 1.54) is 16.6 Å². The fraction of sp³-hybridized carbons (Fsp3) is 0.0741. The first kappa shape index (κ1) is 17.8. The second-order valence-corrected chi connectivity index (χ2v) is 7.86. The van der Waals surface area contributed by atoms with E-state index in [1.54, 1.807) is 0 Å². The number of rotatable bonds is 4. The normalized spacial score (nSPS) is 11.5. The summed E-state index contributed by atoms with van der Waals surface area (Å²) >= 11 is 0. The lowest BCUT2D eigenvalue weighted by atomic mass is 10.1. The predicted octanol–water partition coefficient (Wildman–Crippen LogP) is 6.35. The predicted molar refractivity (Wildman–Crippen MR) is 128 cm³/mol. The first-order chi connectivity index (χ1) is 15.3. The van der Waals surface area contributed by atoms with Crippen molar-refractivity contribution in [2.24, 2.45) is 0 Å². The second kappa shape index (κ2) is 7.03. The smallest absolute Gasteiger partial charge is 0.220 e. The molecule has 0 bridgehead atoms. The van der Waals surface area contributed by atoms with Crippen LogP contribution in [0.15, 0.2) is 97.1 Å². The van der Waals surface area contributed by atoms with Gasteiger partial charge in [0, 0.05) is 17.9 Å². The van der Waals surface area contributed by atoms with Crippen LogP contribution < -0.4 is 5.32 Å². The molecule has 0 unspecified atom stereocenters. The summed E-state index contributed by atoms with van der Waals surface area (Å²) in [6.07, 6.45) is 0. The van der Waals surface area contributed by atoms with E-state index in [4.69, 9.17) is 4.98 Å². The zero-order valence-electron chi connectivity index (χ0n) is 17.3. The minimum absolute atomic E-state index is 0.736. The maximum Gasteiger partial charge on any atom is 0.220 e. The quantitative estimate of drug-likeness (QED) is 0.373. The summed E-state index contributed by atoms with van der Waals surface area (Å²) in [5.74, 6) is 0.936. The molecule has 0 saturated heterocycles. The molecule has 31 heavy (non-hydrogen) atoms. The van der Waals surface area contributed by atoms with Gasteiger partial charge in [0.1, 0.15) is 0 Å². The summed E-state index contributed by atoms with van der Waals surface area (Å²) in [7, 11) is 0. The summed E-state index contributed by atoms with van der Waals surface area (Å²) in [5.41, 5.74) is 9.23. The Morgan fingerprint density at radius 3 is 2.35 bits per heavy atom. The highest BCUT2D eigenvalue weighted by atomic mass is 15.2. The van der Waals surface area contributed by atoms with E-state index in [0.717, 1.165) is 40.2 Å². The van der Waals surface area contributed by atoms with Crippen LogP contribution in [-0.4, -0.2) is 14.0 Å². The molecule has 0 fully saturated rings. The standard InChI is InChI=1S/C27H22N4/c1-19-10-5-6-14-22(19)28-18-20-11-9-17-25-26(20)30(21-12-3-2-4-13-21)27-29-23-15-7-8-16-24(23)31(25)27/h2-17,28H,18H2,1H3. The van der Waals surface area contributed by atoms with Crippen LogP contribution in [0.4, 0.5) is 5.69 Å². The maximum atomic E-state index is 5.01. The summed E-state index contributed by atoms with van der Waals surface area (Å²) in [5, 5.41) is 3.63. The van der Waals surface area contributed by atoms with Gasteiger partial charge in [0.25, 0.3) is 0 Å². The molecule has 2 aromatic heterocycles. The molecule has 150 valence electrons. The van der Waals surface area contributed by atoms with Crippen LogP contribution in [0.1, 0.15) is 11.1 Å². The lowest BCUT2D eigenvalue weighted by molar-refractivity contribution is 1.08. The van der Waals surface area contributed by atoms with E-state index in [2.05, 4.69) is 112 Å². The van der Waals surface area contributed by atoms with Gasteiger partial charge in [0.2, 0.25) is 5.78 Å².